The van der Waals surface area contributed by atoms with Crippen molar-refractivity contribution in [3.8, 4) is 5.88 Å². The van der Waals surface area contributed by atoms with Gasteiger partial charge in [0.1, 0.15) is 11.9 Å². The monoisotopic (exact) mass is 396 g/mol. The Morgan fingerprint density at radius 1 is 1.10 bits per heavy atom. The summed E-state index contributed by atoms with van der Waals surface area (Å²) in [5, 5.41) is 2.94. The van der Waals surface area contributed by atoms with E-state index in [1.54, 1.807) is 19.4 Å². The highest BCUT2D eigenvalue weighted by molar-refractivity contribution is 5.94. The number of hydrogen-bond donors (Lipinski definition) is 1. The quantitative estimate of drug-likeness (QED) is 0.831. The largest absolute Gasteiger partial charge is 0.474 e. The Kier molecular flexibility index (Phi) is 5.78. The predicted octanol–water partition coefficient (Wildman–Crippen LogP) is 2.51. The molecule has 0 saturated carbocycles. The second kappa shape index (κ2) is 8.63. The lowest BCUT2D eigenvalue weighted by Gasteiger charge is -2.33. The summed E-state index contributed by atoms with van der Waals surface area (Å²) >= 11 is 0. The van der Waals surface area contributed by atoms with Crippen molar-refractivity contribution < 1.29 is 9.53 Å². The molecule has 2 aromatic heterocycles. The second-order valence-corrected chi connectivity index (χ2v) is 7.64. The third-order valence-corrected chi connectivity index (χ3v) is 5.58. The van der Waals surface area contributed by atoms with Gasteiger partial charge in [0.05, 0.1) is 5.56 Å². The molecule has 0 aliphatic carbocycles. The number of carbonyl (C=O) groups is 1. The predicted molar refractivity (Wildman–Crippen MR) is 112 cm³/mol. The van der Waals surface area contributed by atoms with Crippen molar-refractivity contribution >= 4 is 17.7 Å². The minimum absolute atomic E-state index is 0.0924. The van der Waals surface area contributed by atoms with E-state index in [1.807, 2.05) is 24.0 Å². The molecule has 2 aromatic rings. The van der Waals surface area contributed by atoms with Gasteiger partial charge in [-0.25, -0.2) is 9.97 Å². The van der Waals surface area contributed by atoms with E-state index in [2.05, 4.69) is 25.2 Å². The van der Waals surface area contributed by atoms with Gasteiger partial charge in [0, 0.05) is 64.0 Å². The number of rotatable bonds is 5. The van der Waals surface area contributed by atoms with Crippen LogP contribution in [-0.4, -0.2) is 65.1 Å². The number of nitrogens with one attached hydrogen (secondary N) is 1. The van der Waals surface area contributed by atoms with E-state index in [9.17, 15) is 4.79 Å². The summed E-state index contributed by atoms with van der Waals surface area (Å²) in [6, 6.07) is 3.85. The molecule has 2 fully saturated rings. The molecule has 29 heavy (non-hydrogen) atoms. The van der Waals surface area contributed by atoms with E-state index in [0.717, 1.165) is 63.2 Å². The van der Waals surface area contributed by atoms with Gasteiger partial charge in [-0.15, -0.1) is 0 Å². The lowest BCUT2D eigenvalue weighted by Crippen LogP contribution is -2.39. The number of amides is 1. The van der Waals surface area contributed by atoms with Crippen molar-refractivity contribution in [2.75, 3.05) is 43.4 Å². The Morgan fingerprint density at radius 3 is 2.52 bits per heavy atom. The number of pyridine rings is 1. The zero-order chi connectivity index (χ0) is 20.2. The lowest BCUT2D eigenvalue weighted by molar-refractivity contribution is 0.0792. The number of hydrogen-bond acceptors (Lipinski definition) is 7. The molecule has 8 heteroatoms. The molecule has 4 heterocycles. The van der Waals surface area contributed by atoms with Crippen molar-refractivity contribution in [3.63, 3.8) is 0 Å². The summed E-state index contributed by atoms with van der Waals surface area (Å²) in [4.78, 5) is 29.8. The number of piperidine rings is 1. The van der Waals surface area contributed by atoms with Gasteiger partial charge >= 0.3 is 0 Å². The maximum Gasteiger partial charge on any atom is 0.255 e. The maximum atomic E-state index is 12.5. The molecule has 8 nitrogen and oxygen atoms in total. The smallest absolute Gasteiger partial charge is 0.255 e. The SMILES string of the molecule is CNc1ncc(C)c(OC2CCN(c3ccc(C(=O)N4CCCC4)cn3)CC2)n1. The van der Waals surface area contributed by atoms with E-state index in [0.29, 0.717) is 17.4 Å². The first-order valence-electron chi connectivity index (χ1n) is 10.3. The average molecular weight is 396 g/mol. The summed E-state index contributed by atoms with van der Waals surface area (Å²) in [6.07, 6.45) is 7.60. The highest BCUT2D eigenvalue weighted by atomic mass is 16.5. The number of anilines is 2. The molecular formula is C21H28N6O2. The number of likely N-dealkylation sites (tertiary alicyclic amines) is 1. The normalized spacial score (nSPS) is 17.4. The first-order valence-corrected chi connectivity index (χ1v) is 10.3. The molecule has 1 N–H and O–H groups in total. The van der Waals surface area contributed by atoms with Gasteiger partial charge in [0.25, 0.3) is 5.91 Å². The Morgan fingerprint density at radius 2 is 1.86 bits per heavy atom. The van der Waals surface area contributed by atoms with E-state index in [-0.39, 0.29) is 12.0 Å². The van der Waals surface area contributed by atoms with Crippen LogP contribution in [0.3, 0.4) is 0 Å². The molecule has 2 aliphatic rings. The lowest BCUT2D eigenvalue weighted by atomic mass is 10.1. The van der Waals surface area contributed by atoms with Crippen molar-refractivity contribution in [2.45, 2.75) is 38.7 Å². The highest BCUT2D eigenvalue weighted by Crippen LogP contribution is 2.24. The molecular weight excluding hydrogens is 368 g/mol. The first-order chi connectivity index (χ1) is 14.1. The number of nitrogens with zero attached hydrogens (tertiary/aromatic N) is 5. The minimum atomic E-state index is 0.0924. The topological polar surface area (TPSA) is 83.5 Å². The summed E-state index contributed by atoms with van der Waals surface area (Å²) in [5.41, 5.74) is 1.61. The molecule has 1 amide bonds. The van der Waals surface area contributed by atoms with Crippen molar-refractivity contribution in [1.29, 1.82) is 0 Å². The third kappa shape index (κ3) is 4.41. The Balaban J connectivity index is 1.33. The zero-order valence-electron chi connectivity index (χ0n) is 17.1. The number of carbonyl (C=O) groups excluding carboxylic acids is 1. The van der Waals surface area contributed by atoms with Gasteiger partial charge in [0.15, 0.2) is 0 Å². The van der Waals surface area contributed by atoms with Gasteiger partial charge < -0.3 is 19.9 Å². The van der Waals surface area contributed by atoms with Crippen LogP contribution in [0.1, 0.15) is 41.6 Å². The molecule has 0 aromatic carbocycles. The summed E-state index contributed by atoms with van der Waals surface area (Å²) in [7, 11) is 1.80. The van der Waals surface area contributed by atoms with Gasteiger partial charge in [-0.1, -0.05) is 0 Å². The van der Waals surface area contributed by atoms with Gasteiger partial charge in [-0.05, 0) is 31.9 Å². The fourth-order valence-electron chi connectivity index (χ4n) is 3.83. The standard InChI is InChI=1S/C21H28N6O2/c1-15-13-24-21(22-2)25-19(15)29-17-7-11-26(12-8-17)18-6-5-16(14-23-18)20(28)27-9-3-4-10-27/h5-6,13-14,17H,3-4,7-12H2,1-2H3,(H,22,24,25). The van der Waals surface area contributed by atoms with Crippen molar-refractivity contribution in [2.24, 2.45) is 0 Å². The summed E-state index contributed by atoms with van der Waals surface area (Å²) in [5.74, 6) is 2.22. The molecule has 2 saturated heterocycles. The fraction of sp³-hybridized carbons (Fsp3) is 0.524. The molecule has 0 unspecified atom stereocenters. The average Bonchev–Trinajstić information content (AvgIpc) is 3.30. The van der Waals surface area contributed by atoms with Crippen LogP contribution >= 0.6 is 0 Å². The Labute approximate surface area is 171 Å². The van der Waals surface area contributed by atoms with E-state index >= 15 is 0 Å². The molecule has 0 spiro atoms. The van der Waals surface area contributed by atoms with Gasteiger partial charge in [-0.2, -0.15) is 4.98 Å². The molecule has 0 atom stereocenters. The third-order valence-electron chi connectivity index (χ3n) is 5.58. The minimum Gasteiger partial charge on any atom is -0.474 e. The zero-order valence-corrected chi connectivity index (χ0v) is 17.1. The maximum absolute atomic E-state index is 12.5. The summed E-state index contributed by atoms with van der Waals surface area (Å²) < 4.78 is 6.13. The fourth-order valence-corrected chi connectivity index (χ4v) is 3.83. The van der Waals surface area contributed by atoms with Crippen LogP contribution in [0.4, 0.5) is 11.8 Å². The van der Waals surface area contributed by atoms with E-state index < -0.39 is 0 Å². The van der Waals surface area contributed by atoms with Crippen molar-refractivity contribution in [1.82, 2.24) is 19.9 Å². The Bertz CT molecular complexity index is 843. The van der Waals surface area contributed by atoms with Crippen molar-refractivity contribution in [3.05, 3.63) is 35.7 Å². The van der Waals surface area contributed by atoms with Crippen LogP contribution in [0.15, 0.2) is 24.5 Å². The van der Waals surface area contributed by atoms with Crippen LogP contribution in [0.5, 0.6) is 5.88 Å². The van der Waals surface area contributed by atoms with Crippen LogP contribution in [0.2, 0.25) is 0 Å². The van der Waals surface area contributed by atoms with Crippen LogP contribution in [-0.2, 0) is 0 Å². The van der Waals surface area contributed by atoms with Gasteiger partial charge in [0.2, 0.25) is 11.8 Å². The van der Waals surface area contributed by atoms with Gasteiger partial charge in [-0.3, -0.25) is 4.79 Å². The van der Waals surface area contributed by atoms with E-state index in [1.165, 1.54) is 0 Å². The number of ether oxygens (including phenoxy) is 1. The Hall–Kier alpha value is -2.90. The first kappa shape index (κ1) is 19.4. The molecule has 0 radical (unpaired) electrons. The number of aromatic nitrogens is 3. The van der Waals surface area contributed by atoms with E-state index in [4.69, 9.17) is 4.74 Å². The second-order valence-electron chi connectivity index (χ2n) is 7.64. The van der Waals surface area contributed by atoms with Crippen LogP contribution in [0.25, 0.3) is 0 Å². The highest BCUT2D eigenvalue weighted by Gasteiger charge is 2.24. The number of aryl methyl sites for hydroxylation is 1. The molecule has 154 valence electrons. The van der Waals surface area contributed by atoms with Crippen LogP contribution < -0.4 is 15.0 Å². The summed E-state index contributed by atoms with van der Waals surface area (Å²) in [6.45, 7) is 5.39. The molecule has 4 rings (SSSR count). The molecule has 2 aliphatic heterocycles. The van der Waals surface area contributed by atoms with Crippen LogP contribution in [0, 0.1) is 6.92 Å². The molecule has 0 bridgehead atoms.